The van der Waals surface area contributed by atoms with E-state index in [1.54, 1.807) is 6.07 Å². The van der Waals surface area contributed by atoms with Gasteiger partial charge in [-0.05, 0) is 37.5 Å². The Morgan fingerprint density at radius 1 is 1.31 bits per heavy atom. The van der Waals surface area contributed by atoms with Crippen LogP contribution >= 0.6 is 0 Å². The highest BCUT2D eigenvalue weighted by atomic mass is 19.3. The number of hydrogen-bond donors (Lipinski definition) is 2. The van der Waals surface area contributed by atoms with Crippen molar-refractivity contribution in [3.63, 3.8) is 0 Å². The van der Waals surface area contributed by atoms with Crippen LogP contribution in [0.5, 0.6) is 5.75 Å². The summed E-state index contributed by atoms with van der Waals surface area (Å²) in [5.41, 5.74) is 0.282. The Morgan fingerprint density at radius 3 is 2.69 bits per heavy atom. The van der Waals surface area contributed by atoms with Gasteiger partial charge in [0.25, 0.3) is 5.91 Å². The number of nitrogens with one attached hydrogen (secondary N) is 2. The van der Waals surface area contributed by atoms with Gasteiger partial charge in [0.05, 0.1) is 6.54 Å². The predicted molar refractivity (Wildman–Crippen MR) is 93.3 cm³/mol. The van der Waals surface area contributed by atoms with Crippen LogP contribution in [0.25, 0.3) is 0 Å². The molecule has 0 atom stereocenters. The molecule has 6 nitrogen and oxygen atoms in total. The molecule has 1 heterocycles. The van der Waals surface area contributed by atoms with E-state index < -0.39 is 6.61 Å². The lowest BCUT2D eigenvalue weighted by Crippen LogP contribution is -2.47. The largest absolute Gasteiger partial charge is 0.435 e. The Hall–Kier alpha value is -2.22. The van der Waals surface area contributed by atoms with E-state index >= 15 is 0 Å². The Morgan fingerprint density at radius 2 is 2.04 bits per heavy atom. The molecule has 0 spiro atoms. The number of rotatable bonds is 8. The summed E-state index contributed by atoms with van der Waals surface area (Å²) < 4.78 is 28.8. The van der Waals surface area contributed by atoms with E-state index in [1.165, 1.54) is 18.2 Å². The first kappa shape index (κ1) is 20.1. The van der Waals surface area contributed by atoms with Crippen LogP contribution in [-0.2, 0) is 4.79 Å². The number of amides is 2. The molecule has 1 aromatic carbocycles. The molecular formula is C18H25F2N3O3. The van der Waals surface area contributed by atoms with Gasteiger partial charge >= 0.3 is 6.61 Å². The summed E-state index contributed by atoms with van der Waals surface area (Å²) in [4.78, 5) is 26.1. The average Bonchev–Trinajstić information content (AvgIpc) is 2.61. The third kappa shape index (κ3) is 6.59. The highest BCUT2D eigenvalue weighted by Crippen LogP contribution is 2.17. The van der Waals surface area contributed by atoms with Gasteiger partial charge in [-0.1, -0.05) is 13.0 Å². The van der Waals surface area contributed by atoms with Gasteiger partial charge in [-0.25, -0.2) is 0 Å². The molecule has 2 rings (SSSR count). The number of hydrogen-bond acceptors (Lipinski definition) is 4. The molecule has 2 amide bonds. The Bertz CT molecular complexity index is 605. The molecule has 0 unspecified atom stereocenters. The van der Waals surface area contributed by atoms with Gasteiger partial charge < -0.3 is 15.4 Å². The molecular weight excluding hydrogens is 344 g/mol. The Balaban J connectivity index is 1.78. The summed E-state index contributed by atoms with van der Waals surface area (Å²) in [5.74, 6) is -0.338. The van der Waals surface area contributed by atoms with E-state index in [9.17, 15) is 18.4 Å². The number of likely N-dealkylation sites (tertiary alicyclic amines) is 1. The van der Waals surface area contributed by atoms with Gasteiger partial charge in [0.2, 0.25) is 5.91 Å². The minimum absolute atomic E-state index is 0.00266. The first-order valence-corrected chi connectivity index (χ1v) is 8.82. The molecule has 1 aliphatic heterocycles. The fourth-order valence-electron chi connectivity index (χ4n) is 2.84. The third-order valence-corrected chi connectivity index (χ3v) is 4.18. The molecule has 26 heavy (non-hydrogen) atoms. The zero-order valence-electron chi connectivity index (χ0n) is 14.8. The first-order valence-electron chi connectivity index (χ1n) is 8.82. The number of carbonyl (C=O) groups excluding carboxylic acids is 2. The maximum atomic E-state index is 12.3. The molecule has 2 N–H and O–H groups in total. The van der Waals surface area contributed by atoms with Gasteiger partial charge in [0.15, 0.2) is 0 Å². The van der Waals surface area contributed by atoms with Gasteiger partial charge in [-0.15, -0.1) is 0 Å². The van der Waals surface area contributed by atoms with Crippen molar-refractivity contribution < 1.29 is 23.1 Å². The number of piperidine rings is 1. The first-order chi connectivity index (χ1) is 12.5. The maximum absolute atomic E-state index is 12.3. The smallest absolute Gasteiger partial charge is 0.387 e. The zero-order chi connectivity index (χ0) is 18.9. The van der Waals surface area contributed by atoms with Crippen LogP contribution in [0.1, 0.15) is 36.5 Å². The summed E-state index contributed by atoms with van der Waals surface area (Å²) >= 11 is 0. The van der Waals surface area contributed by atoms with E-state index in [2.05, 4.69) is 20.3 Å². The Labute approximate surface area is 151 Å². The predicted octanol–water partition coefficient (Wildman–Crippen LogP) is 2.01. The van der Waals surface area contributed by atoms with Crippen molar-refractivity contribution in [1.82, 2.24) is 15.5 Å². The molecule has 0 aliphatic carbocycles. The molecule has 1 aliphatic rings. The molecule has 8 heteroatoms. The van der Waals surface area contributed by atoms with Crippen LogP contribution in [-0.4, -0.2) is 55.5 Å². The molecule has 1 saturated heterocycles. The molecule has 1 fully saturated rings. The second kappa shape index (κ2) is 10.1. The number of alkyl halides is 2. The normalized spacial score (nSPS) is 15.7. The van der Waals surface area contributed by atoms with Crippen LogP contribution in [0.3, 0.4) is 0 Å². The summed E-state index contributed by atoms with van der Waals surface area (Å²) in [5, 5.41) is 5.76. The van der Waals surface area contributed by atoms with E-state index in [0.717, 1.165) is 32.4 Å². The lowest BCUT2D eigenvalue weighted by Gasteiger charge is -2.31. The third-order valence-electron chi connectivity index (χ3n) is 4.18. The molecule has 144 valence electrons. The minimum atomic E-state index is -2.92. The van der Waals surface area contributed by atoms with Crippen LogP contribution in [0.4, 0.5) is 8.78 Å². The quantitative estimate of drug-likeness (QED) is 0.735. The fraction of sp³-hybridized carbons (Fsp3) is 0.556. The maximum Gasteiger partial charge on any atom is 0.387 e. The average molecular weight is 369 g/mol. The van der Waals surface area contributed by atoms with Gasteiger partial charge in [0, 0.05) is 31.2 Å². The molecule has 0 radical (unpaired) electrons. The van der Waals surface area contributed by atoms with Crippen molar-refractivity contribution >= 4 is 11.8 Å². The highest BCUT2D eigenvalue weighted by Gasteiger charge is 2.22. The van der Waals surface area contributed by atoms with Crippen molar-refractivity contribution in [1.29, 1.82) is 0 Å². The number of nitrogens with zero attached hydrogens (tertiary/aromatic N) is 1. The summed E-state index contributed by atoms with van der Waals surface area (Å²) in [7, 11) is 0. The van der Waals surface area contributed by atoms with Gasteiger partial charge in [-0.3, -0.25) is 14.5 Å². The van der Waals surface area contributed by atoms with Gasteiger partial charge in [-0.2, -0.15) is 8.78 Å². The topological polar surface area (TPSA) is 70.7 Å². The van der Waals surface area contributed by atoms with Crippen molar-refractivity contribution in [3.8, 4) is 5.75 Å². The van der Waals surface area contributed by atoms with Crippen LogP contribution < -0.4 is 15.4 Å². The molecule has 1 aromatic rings. The molecule has 0 saturated carbocycles. The highest BCUT2D eigenvalue weighted by molar-refractivity contribution is 5.94. The molecule has 0 bridgehead atoms. The van der Waals surface area contributed by atoms with Crippen LogP contribution in [0.2, 0.25) is 0 Å². The standard InChI is InChI=1S/C18H25F2N3O3/c1-2-8-21-16(24)12-23-9-6-14(7-10-23)22-17(25)13-4-3-5-15(11-13)26-18(19)20/h3-5,11,14,18H,2,6-10,12H2,1H3,(H,21,24)(H,22,25). The zero-order valence-corrected chi connectivity index (χ0v) is 14.8. The van der Waals surface area contributed by atoms with E-state index in [-0.39, 0.29) is 29.2 Å². The lowest BCUT2D eigenvalue weighted by molar-refractivity contribution is -0.122. The van der Waals surface area contributed by atoms with Crippen molar-refractivity contribution in [2.24, 2.45) is 0 Å². The SMILES string of the molecule is CCCNC(=O)CN1CCC(NC(=O)c2cccc(OC(F)F)c2)CC1. The number of benzene rings is 1. The van der Waals surface area contributed by atoms with Crippen LogP contribution in [0.15, 0.2) is 24.3 Å². The fourth-order valence-corrected chi connectivity index (χ4v) is 2.84. The van der Waals surface area contributed by atoms with E-state index in [4.69, 9.17) is 0 Å². The summed E-state index contributed by atoms with van der Waals surface area (Å²) in [6.07, 6.45) is 2.38. The van der Waals surface area contributed by atoms with Crippen LogP contribution in [0, 0.1) is 0 Å². The summed E-state index contributed by atoms with van der Waals surface area (Å²) in [6, 6.07) is 5.74. The number of halogens is 2. The Kier molecular flexibility index (Phi) is 7.77. The second-order valence-electron chi connectivity index (χ2n) is 6.28. The minimum Gasteiger partial charge on any atom is -0.435 e. The van der Waals surface area contributed by atoms with Crippen molar-refractivity contribution in [3.05, 3.63) is 29.8 Å². The van der Waals surface area contributed by atoms with Gasteiger partial charge in [0.1, 0.15) is 5.75 Å². The second-order valence-corrected chi connectivity index (χ2v) is 6.28. The number of carbonyl (C=O) groups is 2. The van der Waals surface area contributed by atoms with E-state index in [1.807, 2.05) is 6.92 Å². The monoisotopic (exact) mass is 369 g/mol. The number of ether oxygens (including phenoxy) is 1. The molecule has 0 aromatic heterocycles. The lowest BCUT2D eigenvalue weighted by atomic mass is 10.0. The van der Waals surface area contributed by atoms with Crippen molar-refractivity contribution in [2.45, 2.75) is 38.8 Å². The van der Waals surface area contributed by atoms with Crippen molar-refractivity contribution in [2.75, 3.05) is 26.2 Å². The summed E-state index contributed by atoms with van der Waals surface area (Å²) in [6.45, 7) is 1.57. The van der Waals surface area contributed by atoms with E-state index in [0.29, 0.717) is 13.1 Å².